The minimum absolute atomic E-state index is 0.0305. The fourth-order valence-corrected chi connectivity index (χ4v) is 8.18. The van der Waals surface area contributed by atoms with Crippen molar-refractivity contribution in [1.82, 2.24) is 0 Å². The van der Waals surface area contributed by atoms with Crippen LogP contribution in [0.4, 0.5) is 11.4 Å². The first-order valence-electron chi connectivity index (χ1n) is 24.2. The molecule has 8 nitrogen and oxygen atoms in total. The smallest absolute Gasteiger partial charge is 0.343 e. The van der Waals surface area contributed by atoms with Gasteiger partial charge in [-0.25, -0.2) is 9.59 Å². The van der Waals surface area contributed by atoms with E-state index in [0.29, 0.717) is 46.1 Å². The molecule has 0 atom stereocenters. The van der Waals surface area contributed by atoms with E-state index in [-0.39, 0.29) is 32.7 Å². The van der Waals surface area contributed by atoms with Crippen LogP contribution in [0.15, 0.2) is 107 Å². The highest BCUT2D eigenvalue weighted by Gasteiger charge is 2.18. The van der Waals surface area contributed by atoms with Gasteiger partial charge in [0, 0.05) is 18.5 Å². The number of benzene rings is 5. The zero-order valence-corrected chi connectivity index (χ0v) is 42.4. The van der Waals surface area contributed by atoms with Crippen molar-refractivity contribution in [2.75, 3.05) is 13.2 Å². The third kappa shape index (κ3) is 19.3. The summed E-state index contributed by atoms with van der Waals surface area (Å²) in [4.78, 5) is 35.4. The molecule has 0 saturated carbocycles. The van der Waals surface area contributed by atoms with Gasteiger partial charge in [-0.15, -0.1) is 0 Å². The lowest BCUT2D eigenvalue weighted by Gasteiger charge is -2.11. The Bertz CT molecular complexity index is 2220. The zero-order valence-electron chi connectivity index (χ0n) is 39.4. The van der Waals surface area contributed by atoms with E-state index in [1.165, 1.54) is 102 Å². The summed E-state index contributed by atoms with van der Waals surface area (Å²) in [6.45, 7) is 5.74. The van der Waals surface area contributed by atoms with Crippen LogP contribution in [0.5, 0.6) is 23.0 Å². The number of carbonyl (C=O) groups is 2. The molecule has 0 aliphatic heterocycles. The number of esters is 2. The number of halogens is 4. The van der Waals surface area contributed by atoms with Crippen LogP contribution < -0.4 is 18.9 Å². The summed E-state index contributed by atoms with van der Waals surface area (Å²) in [7, 11) is 0. The minimum Gasteiger partial charge on any atom is -0.492 e. The predicted molar refractivity (Wildman–Crippen MR) is 282 cm³/mol. The van der Waals surface area contributed by atoms with Gasteiger partial charge in [0.25, 0.3) is 0 Å². The molecule has 0 aromatic heterocycles. The molecule has 0 aliphatic carbocycles. The maximum atomic E-state index is 13.2. The molecule has 12 heteroatoms. The second-order valence-corrected chi connectivity index (χ2v) is 18.5. The van der Waals surface area contributed by atoms with Gasteiger partial charge in [0.05, 0.1) is 55.8 Å². The average Bonchev–Trinajstić information content (AvgIpc) is 3.34. The number of ether oxygens (including phenoxy) is 4. The van der Waals surface area contributed by atoms with Crippen LogP contribution in [0.1, 0.15) is 161 Å². The summed E-state index contributed by atoms with van der Waals surface area (Å²) in [5.74, 6) is -0.127. The Morgan fingerprint density at radius 2 is 0.750 bits per heavy atom. The predicted octanol–water partition coefficient (Wildman–Crippen LogP) is 18.1. The lowest BCUT2D eigenvalue weighted by Crippen LogP contribution is -2.11. The first kappa shape index (κ1) is 54.1. The van der Waals surface area contributed by atoms with Crippen LogP contribution >= 0.6 is 46.4 Å². The number of rotatable bonds is 30. The highest BCUT2D eigenvalue weighted by Crippen LogP contribution is 2.37. The molecule has 0 amide bonds. The number of hydrogen-bond donors (Lipinski definition) is 0. The van der Waals surface area contributed by atoms with Gasteiger partial charge in [-0.1, -0.05) is 187 Å². The van der Waals surface area contributed by atoms with Crippen molar-refractivity contribution in [2.24, 2.45) is 9.98 Å². The van der Waals surface area contributed by atoms with Gasteiger partial charge < -0.3 is 18.9 Å². The first-order chi connectivity index (χ1) is 33.1. The Kier molecular flexibility index (Phi) is 24.3. The third-order valence-corrected chi connectivity index (χ3v) is 12.4. The van der Waals surface area contributed by atoms with Gasteiger partial charge in [0.2, 0.25) is 0 Å². The number of hydrogen-bond acceptors (Lipinski definition) is 8. The van der Waals surface area contributed by atoms with Crippen molar-refractivity contribution < 1.29 is 28.5 Å². The van der Waals surface area contributed by atoms with Crippen LogP contribution in [0.2, 0.25) is 20.1 Å². The molecule has 5 aromatic rings. The van der Waals surface area contributed by atoms with Crippen LogP contribution in [-0.4, -0.2) is 37.6 Å². The van der Waals surface area contributed by atoms with E-state index in [4.69, 9.17) is 65.4 Å². The SMILES string of the molecule is CCCCCCCCCCCOc1ccc(N=Cc2ccc(C(=O)Oc3cc(OC(=O)c4ccc(C=Nc5ccc(OCCCCCCCCCCC)c(Cl)c5)cc4)c(Cl)cc3Cl)cc2)cc1Cl. The maximum absolute atomic E-state index is 13.2. The van der Waals surface area contributed by atoms with Gasteiger partial charge in [0.1, 0.15) is 11.5 Å². The number of nitrogens with zero attached hydrogens (tertiary/aromatic N) is 2. The summed E-state index contributed by atoms with van der Waals surface area (Å²) < 4.78 is 23.0. The quantitative estimate of drug-likeness (QED) is 0.0197. The van der Waals surface area contributed by atoms with E-state index in [1.54, 1.807) is 73.1 Å². The molecule has 68 heavy (non-hydrogen) atoms. The maximum Gasteiger partial charge on any atom is 0.343 e. The molecule has 0 bridgehead atoms. The molecule has 5 aromatic carbocycles. The first-order valence-corrected chi connectivity index (χ1v) is 25.7. The molecule has 0 saturated heterocycles. The second-order valence-electron chi connectivity index (χ2n) is 16.8. The Labute approximate surface area is 423 Å². The molecule has 0 fully saturated rings. The normalized spacial score (nSPS) is 11.4. The molecule has 0 radical (unpaired) electrons. The van der Waals surface area contributed by atoms with E-state index in [2.05, 4.69) is 23.8 Å². The fourth-order valence-electron chi connectivity index (χ4n) is 7.26. The zero-order chi connectivity index (χ0) is 48.4. The topological polar surface area (TPSA) is 95.8 Å². The molecule has 0 aliphatic rings. The Morgan fingerprint density at radius 3 is 1.10 bits per heavy atom. The van der Waals surface area contributed by atoms with E-state index >= 15 is 0 Å². The minimum atomic E-state index is -0.673. The molecule has 0 heterocycles. The van der Waals surface area contributed by atoms with Crippen molar-refractivity contribution in [1.29, 1.82) is 0 Å². The fraction of sp³-hybridized carbons (Fsp3) is 0.393. The van der Waals surface area contributed by atoms with Crippen LogP contribution in [-0.2, 0) is 0 Å². The summed E-state index contributed by atoms with van der Waals surface area (Å²) in [6, 6.07) is 26.9. The Hall–Kier alpha value is -4.86. The van der Waals surface area contributed by atoms with Crippen LogP contribution in [0.25, 0.3) is 0 Å². The molecule has 5 rings (SSSR count). The highest BCUT2D eigenvalue weighted by molar-refractivity contribution is 6.36. The van der Waals surface area contributed by atoms with Gasteiger partial charge in [-0.3, -0.25) is 9.98 Å². The van der Waals surface area contributed by atoms with Crippen molar-refractivity contribution in [3.05, 3.63) is 139 Å². The Balaban J connectivity index is 1.05. The molecular formula is C56H64Cl4N2O6. The average molecular weight is 1000 g/mol. The Morgan fingerprint density at radius 1 is 0.412 bits per heavy atom. The number of unbranched alkanes of at least 4 members (excludes halogenated alkanes) is 16. The summed E-state index contributed by atoms with van der Waals surface area (Å²) >= 11 is 25.8. The summed E-state index contributed by atoms with van der Waals surface area (Å²) in [5, 5.41) is 1.12. The molecule has 362 valence electrons. The molecule has 0 unspecified atom stereocenters. The third-order valence-electron chi connectivity index (χ3n) is 11.3. The van der Waals surface area contributed by atoms with Gasteiger partial charge in [-0.2, -0.15) is 0 Å². The summed E-state index contributed by atoms with van der Waals surface area (Å²) in [6.07, 6.45) is 25.9. The van der Waals surface area contributed by atoms with Crippen molar-refractivity contribution in [2.45, 2.75) is 129 Å². The van der Waals surface area contributed by atoms with Gasteiger partial charge >= 0.3 is 11.9 Å². The van der Waals surface area contributed by atoms with Crippen molar-refractivity contribution in [3.63, 3.8) is 0 Å². The van der Waals surface area contributed by atoms with E-state index in [9.17, 15) is 9.59 Å². The number of carbonyl (C=O) groups excluding carboxylic acids is 2. The molecule has 0 spiro atoms. The standard InChI is InChI=1S/C56H64Cl4N2O6/c1-3-5-7-9-11-13-15-17-19-33-65-51-31-29-45(35-47(51)57)61-39-41-21-25-43(26-22-41)55(63)67-53-38-54(50(60)37-49(53)59)68-56(64)44-27-23-42(24-28-44)40-62-46-30-32-52(48(58)36-46)66-34-20-18-16-14-12-10-8-6-4-2/h21-32,35-40H,3-20,33-34H2,1-2H3. The van der Waals surface area contributed by atoms with Gasteiger partial charge in [-0.05, 0) is 90.7 Å². The van der Waals surface area contributed by atoms with Crippen molar-refractivity contribution >= 4 is 82.1 Å². The summed E-state index contributed by atoms with van der Waals surface area (Å²) in [5.41, 5.74) is 3.36. The van der Waals surface area contributed by atoms with Crippen molar-refractivity contribution in [3.8, 4) is 23.0 Å². The highest BCUT2D eigenvalue weighted by atomic mass is 35.5. The lowest BCUT2D eigenvalue weighted by atomic mass is 10.1. The molecular weight excluding hydrogens is 938 g/mol. The molecule has 0 N–H and O–H groups in total. The number of aliphatic imine (C=N–C) groups is 2. The van der Waals surface area contributed by atoms with E-state index < -0.39 is 11.9 Å². The monoisotopic (exact) mass is 1000 g/mol. The largest absolute Gasteiger partial charge is 0.492 e. The van der Waals surface area contributed by atoms with Gasteiger partial charge in [0.15, 0.2) is 11.5 Å². The van der Waals surface area contributed by atoms with Crippen LogP contribution in [0.3, 0.4) is 0 Å². The van der Waals surface area contributed by atoms with Crippen LogP contribution in [0, 0.1) is 0 Å². The van der Waals surface area contributed by atoms with E-state index in [0.717, 1.165) is 36.8 Å². The second kappa shape index (κ2) is 30.6. The van der Waals surface area contributed by atoms with E-state index in [1.807, 2.05) is 24.3 Å². The lowest BCUT2D eigenvalue weighted by molar-refractivity contribution is 0.0733.